The summed E-state index contributed by atoms with van der Waals surface area (Å²) in [6, 6.07) is 73.6. The topological polar surface area (TPSA) is 35.6 Å². The normalized spacial score (nSPS) is 11.8. The van der Waals surface area contributed by atoms with Gasteiger partial charge in [0.1, 0.15) is 11.6 Å². The summed E-state index contributed by atoms with van der Waals surface area (Å²) in [5.41, 5.74) is 10.8. The molecule has 0 aliphatic heterocycles. The molecule has 0 spiro atoms. The summed E-state index contributed by atoms with van der Waals surface area (Å²) in [5.74, 6) is 1.85. The Kier molecular flexibility index (Phi) is 7.20. The van der Waals surface area contributed by atoms with Crippen LogP contribution >= 0.6 is 0 Å². The van der Waals surface area contributed by atoms with Gasteiger partial charge in [-0.3, -0.25) is 9.13 Å². The van der Waals surface area contributed by atoms with Crippen molar-refractivity contribution in [1.82, 2.24) is 19.1 Å². The largest absolute Gasteiger partial charge is 0.292 e. The average Bonchev–Trinajstić information content (AvgIpc) is 3.92. The van der Waals surface area contributed by atoms with Crippen LogP contribution in [0.25, 0.3) is 110 Å². The van der Waals surface area contributed by atoms with E-state index in [2.05, 4.69) is 215 Å². The fraction of sp³-hybridized carbons (Fsp3) is 0. The molecule has 10 aromatic carbocycles. The molecule has 2 aromatic heterocycles. The molecule has 0 radical (unpaired) electrons. The first-order valence-electron chi connectivity index (χ1n) is 19.8. The molecule has 270 valence electrons. The van der Waals surface area contributed by atoms with Crippen molar-refractivity contribution in [1.29, 1.82) is 0 Å². The highest BCUT2D eigenvalue weighted by Crippen LogP contribution is 2.41. The Morgan fingerprint density at radius 2 is 0.534 bits per heavy atom. The number of aromatic nitrogens is 4. The lowest BCUT2D eigenvalue weighted by atomic mass is 9.99. The van der Waals surface area contributed by atoms with Gasteiger partial charge in [-0.2, -0.15) is 0 Å². The van der Waals surface area contributed by atoms with Gasteiger partial charge in [0.05, 0.1) is 22.1 Å². The van der Waals surface area contributed by atoms with Gasteiger partial charge < -0.3 is 0 Å². The maximum atomic E-state index is 5.39. The standard InChI is InChI=1S/C54H34N4/c1-3-15-37(16-4-1)53-55-49-45-23-11-7-19-41(45)43-21-9-13-25-47(43)51(49)57(53)39-31-27-35(28-32-39)36-29-33-40(34-30-36)58-52-48-26-14-10-22-44(48)42-20-8-12-24-46(42)50(52)56-54(58)38-17-5-2-6-18-38/h1-34H. The van der Waals surface area contributed by atoms with Gasteiger partial charge in [-0.25, -0.2) is 9.97 Å². The first-order valence-corrected chi connectivity index (χ1v) is 19.8. The van der Waals surface area contributed by atoms with Gasteiger partial charge in [-0.05, 0) is 56.9 Å². The van der Waals surface area contributed by atoms with E-state index in [-0.39, 0.29) is 0 Å². The number of benzene rings is 10. The SMILES string of the molecule is c1ccc(-c2nc3c4ccccc4c4ccccc4c3n2-c2ccc(-c3ccc(-n4c(-c5ccccc5)nc5c6ccccc6c6ccccc6c54)cc3)cc2)cc1. The van der Waals surface area contributed by atoms with E-state index in [9.17, 15) is 0 Å². The van der Waals surface area contributed by atoms with Crippen molar-refractivity contribution in [2.24, 2.45) is 0 Å². The van der Waals surface area contributed by atoms with Crippen LogP contribution in [0.5, 0.6) is 0 Å². The summed E-state index contributed by atoms with van der Waals surface area (Å²) in [6.45, 7) is 0. The fourth-order valence-corrected chi connectivity index (χ4v) is 9.08. The lowest BCUT2D eigenvalue weighted by Gasteiger charge is -2.14. The van der Waals surface area contributed by atoms with E-state index in [4.69, 9.17) is 9.97 Å². The van der Waals surface area contributed by atoms with Gasteiger partial charge in [0.25, 0.3) is 0 Å². The monoisotopic (exact) mass is 738 g/mol. The van der Waals surface area contributed by atoms with Crippen molar-refractivity contribution >= 4 is 65.2 Å². The van der Waals surface area contributed by atoms with E-state index < -0.39 is 0 Å². The minimum Gasteiger partial charge on any atom is -0.292 e. The Hall–Kier alpha value is -7.82. The van der Waals surface area contributed by atoms with E-state index in [0.29, 0.717) is 0 Å². The van der Waals surface area contributed by atoms with E-state index in [1.54, 1.807) is 0 Å². The highest BCUT2D eigenvalue weighted by Gasteiger charge is 2.22. The zero-order valence-electron chi connectivity index (χ0n) is 31.4. The van der Waals surface area contributed by atoms with Crippen molar-refractivity contribution in [2.45, 2.75) is 0 Å². The van der Waals surface area contributed by atoms with Crippen molar-refractivity contribution in [3.8, 4) is 45.3 Å². The van der Waals surface area contributed by atoms with E-state index in [1.807, 2.05) is 0 Å². The molecule has 2 heterocycles. The summed E-state index contributed by atoms with van der Waals surface area (Å²) in [7, 11) is 0. The van der Waals surface area contributed by atoms with E-state index in [0.717, 1.165) is 78.1 Å². The summed E-state index contributed by atoms with van der Waals surface area (Å²) < 4.78 is 4.69. The molecule has 0 unspecified atom stereocenters. The molecule has 12 rings (SSSR count). The van der Waals surface area contributed by atoms with Crippen molar-refractivity contribution < 1.29 is 0 Å². The molecule has 0 aliphatic rings. The Labute approximate surface area is 334 Å². The minimum atomic E-state index is 0.927. The van der Waals surface area contributed by atoms with Crippen molar-refractivity contribution in [3.63, 3.8) is 0 Å². The molecule has 58 heavy (non-hydrogen) atoms. The second-order valence-corrected chi connectivity index (χ2v) is 14.9. The first kappa shape index (κ1) is 32.4. The van der Waals surface area contributed by atoms with Gasteiger partial charge >= 0.3 is 0 Å². The first-order chi connectivity index (χ1) is 28.8. The van der Waals surface area contributed by atoms with Gasteiger partial charge in [-0.1, -0.05) is 182 Å². The fourth-order valence-electron chi connectivity index (χ4n) is 9.08. The van der Waals surface area contributed by atoms with Gasteiger partial charge in [0, 0.05) is 44.0 Å². The predicted molar refractivity (Wildman–Crippen MR) is 242 cm³/mol. The molecule has 0 amide bonds. The molecule has 0 fully saturated rings. The Balaban J connectivity index is 1.01. The smallest absolute Gasteiger partial charge is 0.145 e. The van der Waals surface area contributed by atoms with Gasteiger partial charge in [0.2, 0.25) is 0 Å². The van der Waals surface area contributed by atoms with Crippen LogP contribution in [0.4, 0.5) is 0 Å². The van der Waals surface area contributed by atoms with Crippen LogP contribution in [0.2, 0.25) is 0 Å². The van der Waals surface area contributed by atoms with Crippen LogP contribution in [-0.4, -0.2) is 19.1 Å². The third-order valence-corrected chi connectivity index (χ3v) is 11.7. The highest BCUT2D eigenvalue weighted by molar-refractivity contribution is 6.25. The summed E-state index contributed by atoms with van der Waals surface area (Å²) >= 11 is 0. The third-order valence-electron chi connectivity index (χ3n) is 11.7. The molecule has 0 saturated heterocycles. The highest BCUT2D eigenvalue weighted by atomic mass is 15.1. The van der Waals surface area contributed by atoms with E-state index >= 15 is 0 Å². The average molecular weight is 739 g/mol. The number of hydrogen-bond donors (Lipinski definition) is 0. The third kappa shape index (κ3) is 4.88. The number of rotatable bonds is 5. The van der Waals surface area contributed by atoms with Crippen molar-refractivity contribution in [2.75, 3.05) is 0 Å². The Bertz CT molecular complexity index is 3290. The quantitative estimate of drug-likeness (QED) is 0.165. The predicted octanol–water partition coefficient (Wildman–Crippen LogP) is 14.0. The second-order valence-electron chi connectivity index (χ2n) is 14.9. The van der Waals surface area contributed by atoms with Crippen LogP contribution in [0, 0.1) is 0 Å². The van der Waals surface area contributed by atoms with Crippen LogP contribution in [0.3, 0.4) is 0 Å². The van der Waals surface area contributed by atoms with Gasteiger partial charge in [-0.15, -0.1) is 0 Å². The molecule has 12 aromatic rings. The van der Waals surface area contributed by atoms with Crippen LogP contribution in [0.15, 0.2) is 206 Å². The molecule has 4 heteroatoms. The van der Waals surface area contributed by atoms with Crippen molar-refractivity contribution in [3.05, 3.63) is 206 Å². The summed E-state index contributed by atoms with van der Waals surface area (Å²) in [4.78, 5) is 10.8. The Morgan fingerprint density at radius 3 is 0.897 bits per heavy atom. The zero-order valence-corrected chi connectivity index (χ0v) is 31.4. The lowest BCUT2D eigenvalue weighted by Crippen LogP contribution is -1.99. The number of imidazole rings is 2. The number of fused-ring (bicyclic) bond motifs is 12. The Morgan fingerprint density at radius 1 is 0.241 bits per heavy atom. The lowest BCUT2D eigenvalue weighted by molar-refractivity contribution is 1.10. The molecular weight excluding hydrogens is 705 g/mol. The van der Waals surface area contributed by atoms with E-state index in [1.165, 1.54) is 32.3 Å². The zero-order chi connectivity index (χ0) is 38.2. The molecular formula is C54H34N4. The molecule has 0 saturated carbocycles. The summed E-state index contributed by atoms with van der Waals surface area (Å²) in [6.07, 6.45) is 0. The molecule has 0 aliphatic carbocycles. The maximum Gasteiger partial charge on any atom is 0.145 e. The molecule has 0 bridgehead atoms. The number of nitrogens with zero attached hydrogens (tertiary/aromatic N) is 4. The van der Waals surface area contributed by atoms with Gasteiger partial charge in [0.15, 0.2) is 0 Å². The maximum absolute atomic E-state index is 5.39. The van der Waals surface area contributed by atoms with Crippen LogP contribution in [-0.2, 0) is 0 Å². The van der Waals surface area contributed by atoms with Crippen LogP contribution < -0.4 is 0 Å². The number of hydrogen-bond acceptors (Lipinski definition) is 2. The molecule has 0 atom stereocenters. The molecule has 4 nitrogen and oxygen atoms in total. The molecule has 0 N–H and O–H groups in total. The summed E-state index contributed by atoms with van der Waals surface area (Å²) in [5, 5.41) is 9.58. The second kappa shape index (κ2) is 12.9. The minimum absolute atomic E-state index is 0.927. The van der Waals surface area contributed by atoms with Crippen LogP contribution in [0.1, 0.15) is 0 Å².